The van der Waals surface area contributed by atoms with E-state index in [-0.39, 0.29) is 0 Å². The van der Waals surface area contributed by atoms with Crippen LogP contribution in [0.15, 0.2) is 60.7 Å². The van der Waals surface area contributed by atoms with Crippen LogP contribution in [0.1, 0.15) is 21.5 Å². The Hall–Kier alpha value is -2.59. The zero-order valence-corrected chi connectivity index (χ0v) is 9.84. The van der Waals surface area contributed by atoms with E-state index in [1.165, 1.54) is 0 Å². The summed E-state index contributed by atoms with van der Waals surface area (Å²) in [5.74, 6) is 5.90. The summed E-state index contributed by atoms with van der Waals surface area (Å²) in [6.07, 6.45) is 4.55. The van der Waals surface area contributed by atoms with Crippen LogP contribution in [-0.2, 0) is 0 Å². The van der Waals surface area contributed by atoms with E-state index in [1.807, 2.05) is 54.6 Å². The minimum atomic E-state index is 0.623. The molecule has 0 radical (unpaired) electrons. The first kappa shape index (κ1) is 11.9. The molecule has 0 fully saturated rings. The monoisotopic (exact) mass is 232 g/mol. The van der Waals surface area contributed by atoms with E-state index < -0.39 is 0 Å². The predicted octanol–water partition coefficient (Wildman–Crippen LogP) is 3.56. The van der Waals surface area contributed by atoms with Crippen molar-refractivity contribution < 1.29 is 4.79 Å². The van der Waals surface area contributed by atoms with E-state index in [1.54, 1.807) is 12.1 Å². The molecule has 0 bridgehead atoms. The normalized spacial score (nSPS) is 9.78. The van der Waals surface area contributed by atoms with Gasteiger partial charge >= 0.3 is 0 Å². The molecule has 2 aromatic carbocycles. The molecular weight excluding hydrogens is 220 g/mol. The van der Waals surface area contributed by atoms with Crippen molar-refractivity contribution in [3.05, 3.63) is 77.4 Å². The molecule has 0 atom stereocenters. The molecule has 0 N–H and O–H groups in total. The summed E-state index contributed by atoms with van der Waals surface area (Å²) in [4.78, 5) is 10.8. The maximum Gasteiger partial charge on any atom is 0.151 e. The molecule has 0 unspecified atom stereocenters. The average molecular weight is 232 g/mol. The number of allylic oxidation sites excluding steroid dienone is 1. The van der Waals surface area contributed by atoms with Gasteiger partial charge in [0.05, 0.1) is 0 Å². The van der Waals surface area contributed by atoms with E-state index in [9.17, 15) is 4.79 Å². The summed E-state index contributed by atoms with van der Waals surface area (Å²) in [6, 6.07) is 17.3. The van der Waals surface area contributed by atoms with Gasteiger partial charge in [-0.25, -0.2) is 0 Å². The molecule has 0 saturated heterocycles. The second-order valence-electron chi connectivity index (χ2n) is 3.72. The summed E-state index contributed by atoms with van der Waals surface area (Å²) in [7, 11) is 0. The summed E-state index contributed by atoms with van der Waals surface area (Å²) < 4.78 is 0. The van der Waals surface area contributed by atoms with Crippen molar-refractivity contribution in [3.63, 3.8) is 0 Å². The minimum Gasteiger partial charge on any atom is -0.298 e. The third-order valence-electron chi connectivity index (χ3n) is 2.45. The van der Waals surface area contributed by atoms with Crippen LogP contribution in [0.4, 0.5) is 0 Å². The molecule has 2 rings (SSSR count). The zero-order chi connectivity index (χ0) is 12.6. The van der Waals surface area contributed by atoms with E-state index >= 15 is 0 Å². The van der Waals surface area contributed by atoms with Gasteiger partial charge in [-0.1, -0.05) is 60.4 Å². The SMILES string of the molecule is O=Cc1ccccc1C#C/C=C/c1ccccc1. The summed E-state index contributed by atoms with van der Waals surface area (Å²) >= 11 is 0. The van der Waals surface area contributed by atoms with E-state index in [4.69, 9.17) is 0 Å². The topological polar surface area (TPSA) is 17.1 Å². The van der Waals surface area contributed by atoms with Crippen molar-refractivity contribution in [1.29, 1.82) is 0 Å². The lowest BCUT2D eigenvalue weighted by Gasteiger charge is -1.93. The number of carbonyl (C=O) groups is 1. The van der Waals surface area contributed by atoms with Gasteiger partial charge in [0, 0.05) is 11.1 Å². The molecule has 0 amide bonds. The molecule has 18 heavy (non-hydrogen) atoms. The number of hydrogen-bond acceptors (Lipinski definition) is 1. The Morgan fingerprint density at radius 3 is 2.39 bits per heavy atom. The Labute approximate surface area is 107 Å². The maximum atomic E-state index is 10.8. The van der Waals surface area contributed by atoms with Crippen molar-refractivity contribution in [1.82, 2.24) is 0 Å². The lowest BCUT2D eigenvalue weighted by molar-refractivity contribution is 0.112. The van der Waals surface area contributed by atoms with Crippen molar-refractivity contribution in [2.75, 3.05) is 0 Å². The summed E-state index contributed by atoms with van der Waals surface area (Å²) in [5.41, 5.74) is 2.48. The molecule has 86 valence electrons. The highest BCUT2D eigenvalue weighted by Crippen LogP contribution is 2.04. The maximum absolute atomic E-state index is 10.8. The average Bonchev–Trinajstić information content (AvgIpc) is 2.45. The third kappa shape index (κ3) is 3.20. The van der Waals surface area contributed by atoms with E-state index in [0.29, 0.717) is 5.56 Å². The molecule has 0 saturated carbocycles. The molecule has 2 aromatic rings. The third-order valence-corrected chi connectivity index (χ3v) is 2.45. The van der Waals surface area contributed by atoms with Gasteiger partial charge in [-0.05, 0) is 23.8 Å². The van der Waals surface area contributed by atoms with Crippen LogP contribution in [0.2, 0.25) is 0 Å². The van der Waals surface area contributed by atoms with Crippen LogP contribution in [0.25, 0.3) is 6.08 Å². The number of carbonyl (C=O) groups excluding carboxylic acids is 1. The second-order valence-corrected chi connectivity index (χ2v) is 3.72. The molecule has 0 aliphatic rings. The zero-order valence-electron chi connectivity index (χ0n) is 9.84. The summed E-state index contributed by atoms with van der Waals surface area (Å²) in [5, 5.41) is 0. The fourth-order valence-electron chi connectivity index (χ4n) is 1.54. The molecule has 0 aromatic heterocycles. The first-order valence-electron chi connectivity index (χ1n) is 5.67. The Kier molecular flexibility index (Phi) is 4.11. The Morgan fingerprint density at radius 2 is 1.61 bits per heavy atom. The first-order chi connectivity index (χ1) is 8.90. The van der Waals surface area contributed by atoms with Gasteiger partial charge in [-0.2, -0.15) is 0 Å². The van der Waals surface area contributed by atoms with Gasteiger partial charge in [0.2, 0.25) is 0 Å². The van der Waals surface area contributed by atoms with Gasteiger partial charge in [0.15, 0.2) is 6.29 Å². The second kappa shape index (κ2) is 6.22. The van der Waals surface area contributed by atoms with Gasteiger partial charge in [0.1, 0.15) is 0 Å². The van der Waals surface area contributed by atoms with E-state index in [2.05, 4.69) is 11.8 Å². The Bertz CT molecular complexity index is 613. The fraction of sp³-hybridized carbons (Fsp3) is 0. The van der Waals surface area contributed by atoms with Gasteiger partial charge in [-0.15, -0.1) is 0 Å². The number of benzene rings is 2. The Balaban J connectivity index is 2.13. The molecule has 1 heteroatoms. The highest BCUT2D eigenvalue weighted by molar-refractivity contribution is 5.79. The van der Waals surface area contributed by atoms with Gasteiger partial charge in [0.25, 0.3) is 0 Å². The molecule has 0 aliphatic carbocycles. The number of hydrogen-bond donors (Lipinski definition) is 0. The van der Waals surface area contributed by atoms with Crippen LogP contribution in [0.3, 0.4) is 0 Å². The van der Waals surface area contributed by atoms with Gasteiger partial charge in [-0.3, -0.25) is 4.79 Å². The Morgan fingerprint density at radius 1 is 0.889 bits per heavy atom. The smallest absolute Gasteiger partial charge is 0.151 e. The van der Waals surface area contributed by atoms with Gasteiger partial charge < -0.3 is 0 Å². The quantitative estimate of drug-likeness (QED) is 0.571. The largest absolute Gasteiger partial charge is 0.298 e. The highest BCUT2D eigenvalue weighted by Gasteiger charge is 1.94. The highest BCUT2D eigenvalue weighted by atomic mass is 16.1. The predicted molar refractivity (Wildman–Crippen MR) is 74.2 cm³/mol. The molecular formula is C17H12O. The lowest BCUT2D eigenvalue weighted by atomic mass is 10.1. The first-order valence-corrected chi connectivity index (χ1v) is 5.67. The molecule has 0 spiro atoms. The fourth-order valence-corrected chi connectivity index (χ4v) is 1.54. The van der Waals surface area contributed by atoms with Crippen LogP contribution < -0.4 is 0 Å². The van der Waals surface area contributed by atoms with E-state index in [0.717, 1.165) is 17.4 Å². The lowest BCUT2D eigenvalue weighted by Crippen LogP contribution is -1.84. The van der Waals surface area contributed by atoms with Crippen LogP contribution in [0.5, 0.6) is 0 Å². The van der Waals surface area contributed by atoms with Crippen LogP contribution >= 0.6 is 0 Å². The number of rotatable bonds is 2. The van der Waals surface area contributed by atoms with Crippen molar-refractivity contribution >= 4 is 12.4 Å². The standard InChI is InChI=1S/C17H12O/c18-14-17-13-7-6-12-16(17)11-5-4-10-15-8-2-1-3-9-15/h1-4,6-10,12-14H/b10-4+. The van der Waals surface area contributed by atoms with Crippen LogP contribution in [0, 0.1) is 11.8 Å². The van der Waals surface area contributed by atoms with Crippen molar-refractivity contribution in [2.24, 2.45) is 0 Å². The molecule has 0 aliphatic heterocycles. The summed E-state index contributed by atoms with van der Waals surface area (Å²) in [6.45, 7) is 0. The number of aldehydes is 1. The van der Waals surface area contributed by atoms with Crippen molar-refractivity contribution in [3.8, 4) is 11.8 Å². The van der Waals surface area contributed by atoms with Crippen LogP contribution in [-0.4, -0.2) is 6.29 Å². The molecule has 1 nitrogen and oxygen atoms in total. The molecule has 0 heterocycles. The minimum absolute atomic E-state index is 0.623. The van der Waals surface area contributed by atoms with Crippen molar-refractivity contribution in [2.45, 2.75) is 0 Å².